The Morgan fingerprint density at radius 2 is 2.05 bits per heavy atom. The van der Waals surface area contributed by atoms with E-state index in [-0.39, 0.29) is 24.1 Å². The second-order valence-electron chi connectivity index (χ2n) is 5.45. The first-order chi connectivity index (χ1) is 9.09. The normalized spacial score (nSPS) is 17.6. The molecule has 4 nitrogen and oxygen atoms in total. The quantitative estimate of drug-likeness (QED) is 0.849. The number of hydrogen-bond donors (Lipinski definition) is 2. The number of hydrogen-bond acceptors (Lipinski definition) is 2. The van der Waals surface area contributed by atoms with Crippen molar-refractivity contribution in [2.75, 3.05) is 20.2 Å². The van der Waals surface area contributed by atoms with Crippen molar-refractivity contribution in [2.24, 2.45) is 0 Å². The Bertz CT molecular complexity index is 429. The summed E-state index contributed by atoms with van der Waals surface area (Å²) in [7, 11) is 1.71. The molecule has 1 atom stereocenters. The molecule has 0 aliphatic heterocycles. The monoisotopic (exact) mass is 262 g/mol. The van der Waals surface area contributed by atoms with Crippen LogP contribution in [0.4, 0.5) is 4.79 Å². The molecule has 0 radical (unpaired) electrons. The summed E-state index contributed by atoms with van der Waals surface area (Å²) < 4.78 is 0. The fourth-order valence-corrected chi connectivity index (χ4v) is 2.20. The number of rotatable bonds is 5. The molecule has 1 aromatic carbocycles. The van der Waals surface area contributed by atoms with Gasteiger partial charge in [-0.15, -0.1) is 0 Å². The zero-order valence-corrected chi connectivity index (χ0v) is 11.6. The number of carbonyl (C=O) groups is 1. The van der Waals surface area contributed by atoms with E-state index in [0.29, 0.717) is 6.54 Å². The first kappa shape index (κ1) is 13.9. The number of likely N-dealkylation sites (N-methyl/N-ethyl adjacent to an activating group) is 1. The zero-order chi connectivity index (χ0) is 13.9. The number of aliphatic hydroxyl groups is 1. The number of nitrogens with one attached hydrogen (secondary N) is 1. The van der Waals surface area contributed by atoms with E-state index in [0.717, 1.165) is 12.8 Å². The molecule has 19 heavy (non-hydrogen) atoms. The van der Waals surface area contributed by atoms with Gasteiger partial charge in [-0.2, -0.15) is 0 Å². The molecule has 2 rings (SSSR count). The lowest BCUT2D eigenvalue weighted by Crippen LogP contribution is -2.45. The minimum absolute atomic E-state index is 0.0201. The topological polar surface area (TPSA) is 52.6 Å². The van der Waals surface area contributed by atoms with Gasteiger partial charge in [0, 0.05) is 19.0 Å². The van der Waals surface area contributed by atoms with Crippen LogP contribution in [-0.2, 0) is 5.41 Å². The van der Waals surface area contributed by atoms with E-state index in [2.05, 4.69) is 17.4 Å². The smallest absolute Gasteiger partial charge is 0.317 e. The highest BCUT2D eigenvalue weighted by Gasteiger charge is 2.44. The van der Waals surface area contributed by atoms with Crippen LogP contribution in [0.2, 0.25) is 0 Å². The lowest BCUT2D eigenvalue weighted by Gasteiger charge is -2.25. The summed E-state index contributed by atoms with van der Waals surface area (Å²) in [4.78, 5) is 13.5. The maximum absolute atomic E-state index is 12.0. The van der Waals surface area contributed by atoms with Crippen molar-refractivity contribution in [3.63, 3.8) is 0 Å². The molecule has 0 spiro atoms. The SMILES string of the molecule is CC(CO)N(C)C(=O)NCC1(c2ccccc2)CC1. The Labute approximate surface area is 114 Å². The molecule has 1 aromatic rings. The summed E-state index contributed by atoms with van der Waals surface area (Å²) in [5.74, 6) is 0. The Kier molecular flexibility index (Phi) is 4.10. The molecule has 0 saturated heterocycles. The largest absolute Gasteiger partial charge is 0.394 e. The van der Waals surface area contributed by atoms with E-state index in [9.17, 15) is 4.79 Å². The Hall–Kier alpha value is -1.55. The summed E-state index contributed by atoms with van der Waals surface area (Å²) in [6, 6.07) is 10.1. The van der Waals surface area contributed by atoms with E-state index >= 15 is 0 Å². The fourth-order valence-electron chi connectivity index (χ4n) is 2.20. The van der Waals surface area contributed by atoms with Crippen LogP contribution in [0.3, 0.4) is 0 Å². The number of carbonyl (C=O) groups excluding carboxylic acids is 1. The van der Waals surface area contributed by atoms with Crippen molar-refractivity contribution < 1.29 is 9.90 Å². The van der Waals surface area contributed by atoms with Crippen LogP contribution < -0.4 is 5.32 Å². The highest BCUT2D eigenvalue weighted by atomic mass is 16.3. The van der Waals surface area contributed by atoms with Gasteiger partial charge in [0.05, 0.1) is 12.6 Å². The lowest BCUT2D eigenvalue weighted by molar-refractivity contribution is 0.157. The average molecular weight is 262 g/mol. The Morgan fingerprint density at radius 3 is 2.58 bits per heavy atom. The lowest BCUT2D eigenvalue weighted by atomic mass is 9.96. The van der Waals surface area contributed by atoms with Crippen molar-refractivity contribution in [1.29, 1.82) is 0 Å². The molecule has 0 heterocycles. The standard InChI is InChI=1S/C15H22N2O2/c1-12(10-18)17(2)14(19)16-11-15(8-9-15)13-6-4-3-5-7-13/h3-7,12,18H,8-11H2,1-2H3,(H,16,19). The minimum Gasteiger partial charge on any atom is -0.394 e. The summed E-state index contributed by atoms with van der Waals surface area (Å²) in [5.41, 5.74) is 1.42. The van der Waals surface area contributed by atoms with Gasteiger partial charge in [0.15, 0.2) is 0 Å². The van der Waals surface area contributed by atoms with Gasteiger partial charge in [0.1, 0.15) is 0 Å². The van der Waals surface area contributed by atoms with Crippen molar-refractivity contribution in [3.8, 4) is 0 Å². The van der Waals surface area contributed by atoms with Gasteiger partial charge in [-0.3, -0.25) is 0 Å². The fraction of sp³-hybridized carbons (Fsp3) is 0.533. The van der Waals surface area contributed by atoms with Gasteiger partial charge in [0.2, 0.25) is 0 Å². The van der Waals surface area contributed by atoms with Crippen LogP contribution in [0, 0.1) is 0 Å². The maximum atomic E-state index is 12.0. The van der Waals surface area contributed by atoms with Crippen LogP contribution in [0.25, 0.3) is 0 Å². The molecule has 1 saturated carbocycles. The van der Waals surface area contributed by atoms with E-state index in [4.69, 9.17) is 5.11 Å². The van der Waals surface area contributed by atoms with Crippen molar-refractivity contribution in [1.82, 2.24) is 10.2 Å². The molecule has 1 aliphatic carbocycles. The first-order valence-corrected chi connectivity index (χ1v) is 6.76. The predicted octanol–water partition coefficient (Wildman–Crippen LogP) is 1.74. The number of benzene rings is 1. The number of urea groups is 1. The van der Waals surface area contributed by atoms with Crippen LogP contribution >= 0.6 is 0 Å². The second kappa shape index (κ2) is 5.61. The van der Waals surface area contributed by atoms with Gasteiger partial charge < -0.3 is 15.3 Å². The molecule has 1 unspecified atom stereocenters. The van der Waals surface area contributed by atoms with Crippen LogP contribution in [0.1, 0.15) is 25.3 Å². The Morgan fingerprint density at radius 1 is 1.42 bits per heavy atom. The molecule has 1 fully saturated rings. The van der Waals surface area contributed by atoms with Gasteiger partial charge in [0.25, 0.3) is 0 Å². The first-order valence-electron chi connectivity index (χ1n) is 6.76. The highest BCUT2D eigenvalue weighted by molar-refractivity contribution is 5.74. The third-order valence-corrected chi connectivity index (χ3v) is 4.06. The van der Waals surface area contributed by atoms with E-state index in [1.165, 1.54) is 5.56 Å². The zero-order valence-electron chi connectivity index (χ0n) is 11.6. The van der Waals surface area contributed by atoms with Crippen molar-refractivity contribution >= 4 is 6.03 Å². The van der Waals surface area contributed by atoms with Crippen LogP contribution in [-0.4, -0.2) is 42.3 Å². The molecule has 2 N–H and O–H groups in total. The van der Waals surface area contributed by atoms with E-state index in [1.54, 1.807) is 11.9 Å². The van der Waals surface area contributed by atoms with Gasteiger partial charge in [-0.1, -0.05) is 30.3 Å². The summed E-state index contributed by atoms with van der Waals surface area (Å²) in [6.45, 7) is 2.47. The number of nitrogens with zero attached hydrogens (tertiary/aromatic N) is 1. The predicted molar refractivity (Wildman–Crippen MR) is 75.1 cm³/mol. The van der Waals surface area contributed by atoms with Gasteiger partial charge in [-0.05, 0) is 25.3 Å². The molecule has 1 aliphatic rings. The molecule has 2 amide bonds. The summed E-state index contributed by atoms with van der Waals surface area (Å²) in [5, 5.41) is 12.0. The van der Waals surface area contributed by atoms with Crippen molar-refractivity contribution in [3.05, 3.63) is 35.9 Å². The molecule has 4 heteroatoms. The minimum atomic E-state index is -0.160. The molecular formula is C15H22N2O2. The van der Waals surface area contributed by atoms with Crippen molar-refractivity contribution in [2.45, 2.75) is 31.2 Å². The van der Waals surface area contributed by atoms with Crippen LogP contribution in [0.5, 0.6) is 0 Å². The summed E-state index contributed by atoms with van der Waals surface area (Å²) >= 11 is 0. The number of amides is 2. The molecule has 104 valence electrons. The maximum Gasteiger partial charge on any atom is 0.317 e. The van der Waals surface area contributed by atoms with Crippen LogP contribution in [0.15, 0.2) is 30.3 Å². The highest BCUT2D eigenvalue weighted by Crippen LogP contribution is 2.47. The van der Waals surface area contributed by atoms with Gasteiger partial charge in [-0.25, -0.2) is 4.79 Å². The van der Waals surface area contributed by atoms with E-state index in [1.807, 2.05) is 25.1 Å². The third kappa shape index (κ3) is 3.07. The molecule has 0 bridgehead atoms. The average Bonchev–Trinajstić information content (AvgIpc) is 3.25. The van der Waals surface area contributed by atoms with E-state index < -0.39 is 0 Å². The Balaban J connectivity index is 1.91. The third-order valence-electron chi connectivity index (χ3n) is 4.06. The van der Waals surface area contributed by atoms with Gasteiger partial charge >= 0.3 is 6.03 Å². The summed E-state index contributed by atoms with van der Waals surface area (Å²) in [6.07, 6.45) is 2.24. The molecular weight excluding hydrogens is 240 g/mol. The number of aliphatic hydroxyl groups excluding tert-OH is 1. The second-order valence-corrected chi connectivity index (χ2v) is 5.45. The molecule has 0 aromatic heterocycles.